The van der Waals surface area contributed by atoms with E-state index in [0.717, 1.165) is 35.1 Å². The molecule has 0 aliphatic heterocycles. The van der Waals surface area contributed by atoms with Crippen LogP contribution >= 0.6 is 22.6 Å². The number of rotatable bonds is 24. The molecule has 2 aliphatic rings. The van der Waals surface area contributed by atoms with Gasteiger partial charge in [-0.25, -0.2) is 0 Å². The minimum Gasteiger partial charge on any atom is -0.0654 e. The summed E-state index contributed by atoms with van der Waals surface area (Å²) in [7, 11) is 0. The Hall–Kier alpha value is -5.35. The van der Waals surface area contributed by atoms with Crippen LogP contribution in [-0.2, 0) is 10.8 Å². The molecule has 0 saturated heterocycles. The van der Waals surface area contributed by atoms with Crippen molar-refractivity contribution in [3.05, 3.63) is 175 Å². The van der Waals surface area contributed by atoms with Crippen LogP contribution in [0.1, 0.15) is 226 Å². The zero-order valence-electron chi connectivity index (χ0n) is 46.0. The molecule has 0 nitrogen and oxygen atoms in total. The third-order valence-electron chi connectivity index (χ3n) is 17.7. The SMILES string of the molecule is CCCCCCCC1(CCCCCCC)c2cc(I)ccc2-c2ccc(C#Cc3ccc4c(c3)C(CCCCCCC)(CCCCCCC)c3cc(C#Cc5ccc6ccc7cccc8ccc5c6c78)ccc3-4)cc21. The zero-order chi connectivity index (χ0) is 51.6. The van der Waals surface area contributed by atoms with Gasteiger partial charge < -0.3 is 0 Å². The van der Waals surface area contributed by atoms with Gasteiger partial charge in [0.1, 0.15) is 0 Å². The number of hydrogen-bond acceptors (Lipinski definition) is 0. The topological polar surface area (TPSA) is 0 Å². The van der Waals surface area contributed by atoms with Gasteiger partial charge in [-0.3, -0.25) is 0 Å². The van der Waals surface area contributed by atoms with Crippen molar-refractivity contribution in [2.45, 2.75) is 193 Å². The molecule has 0 radical (unpaired) electrons. The number of fused-ring (bicyclic) bond motifs is 6. The largest absolute Gasteiger partial charge is 0.0654 e. The summed E-state index contributed by atoms with van der Waals surface area (Å²) in [5, 5.41) is 7.79. The van der Waals surface area contributed by atoms with Gasteiger partial charge in [-0.05, 0) is 180 Å². The Morgan fingerprint density at radius 1 is 0.333 bits per heavy atom. The van der Waals surface area contributed by atoms with Crippen LogP contribution < -0.4 is 0 Å². The summed E-state index contributed by atoms with van der Waals surface area (Å²) < 4.78 is 1.35. The first-order valence-electron chi connectivity index (χ1n) is 29.9. The monoisotopic (exact) mass is 1100 g/mol. The van der Waals surface area contributed by atoms with Gasteiger partial charge >= 0.3 is 0 Å². The molecular weight excluding hydrogens is 1020 g/mol. The number of halogens is 1. The van der Waals surface area contributed by atoms with Gasteiger partial charge in [0.25, 0.3) is 0 Å². The molecular formula is C74H81I. The van der Waals surface area contributed by atoms with Crippen LogP contribution in [0.2, 0.25) is 0 Å². The zero-order valence-corrected chi connectivity index (χ0v) is 48.1. The first-order valence-corrected chi connectivity index (χ1v) is 30.9. The molecule has 0 unspecified atom stereocenters. The summed E-state index contributed by atoms with van der Waals surface area (Å²) in [5.41, 5.74) is 16.2. The van der Waals surface area contributed by atoms with Crippen LogP contribution in [0, 0.1) is 27.3 Å². The summed E-state index contributed by atoms with van der Waals surface area (Å²) in [6.07, 6.45) is 30.7. The maximum absolute atomic E-state index is 3.81. The fourth-order valence-corrected chi connectivity index (χ4v) is 14.3. The average Bonchev–Trinajstić information content (AvgIpc) is 3.86. The highest BCUT2D eigenvalue weighted by molar-refractivity contribution is 14.1. The highest BCUT2D eigenvalue weighted by Gasteiger charge is 2.44. The first-order chi connectivity index (χ1) is 36.9. The van der Waals surface area contributed by atoms with Crippen molar-refractivity contribution in [1.82, 2.24) is 0 Å². The second-order valence-corrected chi connectivity index (χ2v) is 24.0. The molecule has 75 heavy (non-hydrogen) atoms. The maximum atomic E-state index is 3.81. The van der Waals surface area contributed by atoms with Gasteiger partial charge in [0.15, 0.2) is 0 Å². The molecule has 0 aromatic heterocycles. The maximum Gasteiger partial charge on any atom is 0.0328 e. The average molecular weight is 1100 g/mol. The molecule has 0 amide bonds. The van der Waals surface area contributed by atoms with E-state index in [-0.39, 0.29) is 10.8 Å². The molecule has 0 atom stereocenters. The number of unbranched alkanes of at least 4 members (excludes halogenated alkanes) is 16. The van der Waals surface area contributed by atoms with E-state index in [0.29, 0.717) is 0 Å². The molecule has 8 aromatic rings. The van der Waals surface area contributed by atoms with Gasteiger partial charge in [0, 0.05) is 36.7 Å². The van der Waals surface area contributed by atoms with Crippen LogP contribution in [0.3, 0.4) is 0 Å². The van der Waals surface area contributed by atoms with E-state index in [1.165, 1.54) is 216 Å². The molecule has 0 saturated carbocycles. The van der Waals surface area contributed by atoms with Gasteiger partial charge in [-0.2, -0.15) is 0 Å². The Morgan fingerprint density at radius 2 is 0.693 bits per heavy atom. The predicted molar refractivity (Wildman–Crippen MR) is 334 cm³/mol. The summed E-state index contributed by atoms with van der Waals surface area (Å²) in [5.74, 6) is 15.1. The van der Waals surface area contributed by atoms with E-state index in [4.69, 9.17) is 0 Å². The highest BCUT2D eigenvalue weighted by atomic mass is 127. The number of benzene rings is 8. The van der Waals surface area contributed by atoms with Crippen molar-refractivity contribution in [2.24, 2.45) is 0 Å². The molecule has 10 rings (SSSR count). The van der Waals surface area contributed by atoms with E-state index in [9.17, 15) is 0 Å². The summed E-state index contributed by atoms with van der Waals surface area (Å²) in [6.45, 7) is 9.33. The van der Waals surface area contributed by atoms with Crippen LogP contribution in [0.15, 0.2) is 127 Å². The lowest BCUT2D eigenvalue weighted by atomic mass is 9.70. The highest BCUT2D eigenvalue weighted by Crippen LogP contribution is 2.56. The van der Waals surface area contributed by atoms with Crippen molar-refractivity contribution in [3.63, 3.8) is 0 Å². The van der Waals surface area contributed by atoms with E-state index in [1.807, 2.05) is 0 Å². The molecule has 384 valence electrons. The molecule has 0 N–H and O–H groups in total. The molecule has 0 fully saturated rings. The van der Waals surface area contributed by atoms with Crippen molar-refractivity contribution in [3.8, 4) is 45.9 Å². The van der Waals surface area contributed by atoms with Crippen molar-refractivity contribution < 1.29 is 0 Å². The summed E-state index contributed by atoms with van der Waals surface area (Å²) in [4.78, 5) is 0. The molecule has 2 aliphatic carbocycles. The first kappa shape index (κ1) is 53.1. The standard InChI is InChI=1S/C74H81I/c1-5-9-13-17-21-46-73(47-22-18-14-10-6-2)67-50-54(28-29-55-32-42-65-66-45-40-61(75)53-70(66)74(69(65)51-55,48-23-19-15-11-7-3)49-24-20-16-12-8-4)31-41-63(67)64-43-33-56(52-68(64)73)30-34-57-35-36-60-38-37-58-26-25-27-59-39-44-62(57)72(60)71(58)59/h25-27,31-33,35-45,50-53H,5-24,46-49H2,1-4H3. The minimum atomic E-state index is -0.0732. The van der Waals surface area contributed by atoms with Gasteiger partial charge in [0.2, 0.25) is 0 Å². The molecule has 8 aromatic carbocycles. The Morgan fingerprint density at radius 3 is 1.13 bits per heavy atom. The second-order valence-electron chi connectivity index (χ2n) is 22.8. The summed E-state index contributed by atoms with van der Waals surface area (Å²) in [6, 6.07) is 49.3. The van der Waals surface area contributed by atoms with Crippen LogP contribution in [0.4, 0.5) is 0 Å². The lowest BCUT2D eigenvalue weighted by molar-refractivity contribution is 0.398. The Labute approximate surface area is 465 Å². The lowest BCUT2D eigenvalue weighted by Crippen LogP contribution is -2.26. The normalized spacial score (nSPS) is 13.6. The molecule has 0 spiro atoms. The van der Waals surface area contributed by atoms with E-state index < -0.39 is 0 Å². The van der Waals surface area contributed by atoms with E-state index >= 15 is 0 Å². The van der Waals surface area contributed by atoms with E-state index in [2.05, 4.69) is 201 Å². The van der Waals surface area contributed by atoms with E-state index in [1.54, 1.807) is 5.56 Å². The fraction of sp³-hybridized carbons (Fsp3) is 0.405. The van der Waals surface area contributed by atoms with Gasteiger partial charge in [-0.1, -0.05) is 253 Å². The molecule has 1 heteroatoms. The van der Waals surface area contributed by atoms with Gasteiger partial charge in [0.05, 0.1) is 0 Å². The number of hydrogen-bond donors (Lipinski definition) is 0. The third-order valence-corrected chi connectivity index (χ3v) is 18.4. The molecule has 0 bridgehead atoms. The Bertz CT molecular complexity index is 3330. The van der Waals surface area contributed by atoms with Crippen molar-refractivity contribution in [2.75, 3.05) is 0 Å². The fourth-order valence-electron chi connectivity index (χ4n) is 13.8. The van der Waals surface area contributed by atoms with Gasteiger partial charge in [-0.15, -0.1) is 0 Å². The van der Waals surface area contributed by atoms with Crippen molar-refractivity contribution in [1.29, 1.82) is 0 Å². The summed E-state index contributed by atoms with van der Waals surface area (Å²) >= 11 is 2.55. The minimum absolute atomic E-state index is 0.0420. The quantitative estimate of drug-likeness (QED) is 0.0245. The Balaban J connectivity index is 1.02. The van der Waals surface area contributed by atoms with Crippen molar-refractivity contribution >= 4 is 54.9 Å². The lowest BCUT2D eigenvalue weighted by Gasteiger charge is -2.33. The molecule has 0 heterocycles. The smallest absolute Gasteiger partial charge is 0.0328 e. The Kier molecular flexibility index (Phi) is 17.5. The van der Waals surface area contributed by atoms with Crippen LogP contribution in [-0.4, -0.2) is 0 Å². The van der Waals surface area contributed by atoms with Crippen LogP contribution in [0.25, 0.3) is 54.6 Å². The second kappa shape index (κ2) is 24.8. The van der Waals surface area contributed by atoms with Crippen LogP contribution in [0.5, 0.6) is 0 Å². The third kappa shape index (κ3) is 11.1. The predicted octanol–water partition coefficient (Wildman–Crippen LogP) is 22.0.